The van der Waals surface area contributed by atoms with Crippen LogP contribution < -0.4 is 10.1 Å². The van der Waals surface area contributed by atoms with Gasteiger partial charge < -0.3 is 14.8 Å². The Morgan fingerprint density at radius 1 is 1.50 bits per heavy atom. The molecule has 16 heavy (non-hydrogen) atoms. The van der Waals surface area contributed by atoms with E-state index in [1.165, 1.54) is 0 Å². The van der Waals surface area contributed by atoms with Crippen LogP contribution in [0.3, 0.4) is 0 Å². The van der Waals surface area contributed by atoms with Crippen LogP contribution in [0, 0.1) is 0 Å². The van der Waals surface area contributed by atoms with E-state index in [9.17, 15) is 9.59 Å². The van der Waals surface area contributed by atoms with Crippen molar-refractivity contribution < 1.29 is 14.3 Å². The lowest BCUT2D eigenvalue weighted by atomic mass is 10.1. The third kappa shape index (κ3) is 3.94. The van der Waals surface area contributed by atoms with Crippen molar-refractivity contribution in [2.45, 2.75) is 12.5 Å². The number of rotatable bonds is 5. The van der Waals surface area contributed by atoms with Gasteiger partial charge in [-0.15, -0.1) is 0 Å². The lowest BCUT2D eigenvalue weighted by molar-refractivity contribution is -0.109. The topological polar surface area (TPSA) is 55.4 Å². The summed E-state index contributed by atoms with van der Waals surface area (Å²) < 4.78 is 5.01. The maximum atomic E-state index is 10.7. The monoisotopic (exact) mass is 239 g/mol. The molecule has 0 saturated carbocycles. The van der Waals surface area contributed by atoms with Gasteiger partial charge in [0.2, 0.25) is 0 Å². The van der Waals surface area contributed by atoms with Crippen LogP contribution in [0.2, 0.25) is 0 Å². The molecule has 0 aliphatic rings. The number of amides is 1. The SMILES string of the molecule is COc1ccc(CC(C=O)NC(=O)S)cc1. The molecule has 5 heteroatoms. The van der Waals surface area contributed by atoms with E-state index in [-0.39, 0.29) is 0 Å². The molecule has 1 amide bonds. The summed E-state index contributed by atoms with van der Waals surface area (Å²) in [4.78, 5) is 21.4. The highest BCUT2D eigenvalue weighted by Gasteiger charge is 2.09. The maximum Gasteiger partial charge on any atom is 0.276 e. The lowest BCUT2D eigenvalue weighted by Crippen LogP contribution is -2.34. The zero-order chi connectivity index (χ0) is 12.0. The van der Waals surface area contributed by atoms with E-state index in [4.69, 9.17) is 4.74 Å². The number of methoxy groups -OCH3 is 1. The summed E-state index contributed by atoms with van der Waals surface area (Å²) >= 11 is 3.56. The highest BCUT2D eigenvalue weighted by Crippen LogP contribution is 2.12. The molecule has 0 bridgehead atoms. The minimum Gasteiger partial charge on any atom is -0.497 e. The lowest BCUT2D eigenvalue weighted by Gasteiger charge is -2.10. The van der Waals surface area contributed by atoms with Gasteiger partial charge in [-0.1, -0.05) is 24.8 Å². The Bertz CT molecular complexity index is 364. The molecule has 86 valence electrons. The van der Waals surface area contributed by atoms with Crippen LogP contribution >= 0.6 is 12.6 Å². The van der Waals surface area contributed by atoms with Crippen LogP contribution in [0.15, 0.2) is 24.3 Å². The van der Waals surface area contributed by atoms with Gasteiger partial charge in [-0.05, 0) is 24.1 Å². The molecular weight excluding hydrogens is 226 g/mol. The summed E-state index contributed by atoms with van der Waals surface area (Å²) in [5.41, 5.74) is 0.944. The first-order chi connectivity index (χ1) is 7.65. The third-order valence-corrected chi connectivity index (χ3v) is 2.22. The molecule has 0 aromatic heterocycles. The second kappa shape index (κ2) is 6.17. The van der Waals surface area contributed by atoms with E-state index in [0.717, 1.165) is 11.3 Å². The number of hydrogen-bond acceptors (Lipinski definition) is 3. The fourth-order valence-corrected chi connectivity index (χ4v) is 1.47. The van der Waals surface area contributed by atoms with Crippen molar-refractivity contribution in [2.24, 2.45) is 0 Å². The highest BCUT2D eigenvalue weighted by atomic mass is 32.1. The van der Waals surface area contributed by atoms with Gasteiger partial charge in [-0.3, -0.25) is 4.79 Å². The molecule has 0 heterocycles. The Hall–Kier alpha value is -1.49. The Morgan fingerprint density at radius 2 is 2.12 bits per heavy atom. The van der Waals surface area contributed by atoms with Crippen LogP contribution in [0.1, 0.15) is 5.56 Å². The second-order valence-corrected chi connectivity index (χ2v) is 3.65. The molecule has 0 saturated heterocycles. The van der Waals surface area contributed by atoms with Crippen molar-refractivity contribution in [3.8, 4) is 5.75 Å². The summed E-state index contributed by atoms with van der Waals surface area (Å²) in [6.07, 6.45) is 1.14. The van der Waals surface area contributed by atoms with Crippen molar-refractivity contribution in [1.82, 2.24) is 5.32 Å². The molecule has 1 atom stereocenters. The Kier molecular flexibility index (Phi) is 4.85. The van der Waals surface area contributed by atoms with E-state index < -0.39 is 11.3 Å². The molecule has 1 unspecified atom stereocenters. The second-order valence-electron chi connectivity index (χ2n) is 3.24. The zero-order valence-electron chi connectivity index (χ0n) is 8.84. The number of thiol groups is 1. The normalized spacial score (nSPS) is 11.6. The van der Waals surface area contributed by atoms with Crippen molar-refractivity contribution >= 4 is 24.2 Å². The van der Waals surface area contributed by atoms with Gasteiger partial charge in [0.1, 0.15) is 12.0 Å². The van der Waals surface area contributed by atoms with Crippen molar-refractivity contribution in [3.63, 3.8) is 0 Å². The van der Waals surface area contributed by atoms with Gasteiger partial charge >= 0.3 is 0 Å². The highest BCUT2D eigenvalue weighted by molar-refractivity contribution is 7.96. The average Bonchev–Trinajstić information content (AvgIpc) is 2.28. The molecular formula is C11H13NO3S. The van der Waals surface area contributed by atoms with Gasteiger partial charge in [0.25, 0.3) is 5.24 Å². The van der Waals surface area contributed by atoms with Gasteiger partial charge in [0.15, 0.2) is 0 Å². The minimum absolute atomic E-state index is 0.444. The number of nitrogens with one attached hydrogen (secondary N) is 1. The van der Waals surface area contributed by atoms with E-state index in [1.54, 1.807) is 19.2 Å². The number of hydrogen-bond donors (Lipinski definition) is 2. The molecule has 1 aromatic rings. The van der Waals surface area contributed by atoms with E-state index >= 15 is 0 Å². The van der Waals surface area contributed by atoms with Crippen molar-refractivity contribution in [2.75, 3.05) is 7.11 Å². The molecule has 0 radical (unpaired) electrons. The van der Waals surface area contributed by atoms with Gasteiger partial charge in [-0.2, -0.15) is 0 Å². The zero-order valence-corrected chi connectivity index (χ0v) is 9.74. The van der Waals surface area contributed by atoms with Crippen LogP contribution in [0.25, 0.3) is 0 Å². The Labute approximate surface area is 99.4 Å². The number of ether oxygens (including phenoxy) is 1. The van der Waals surface area contributed by atoms with Crippen molar-refractivity contribution in [3.05, 3.63) is 29.8 Å². The van der Waals surface area contributed by atoms with Crippen LogP contribution in [-0.2, 0) is 11.2 Å². The molecule has 0 aliphatic heterocycles. The first-order valence-electron chi connectivity index (χ1n) is 4.73. The molecule has 1 rings (SSSR count). The third-order valence-electron chi connectivity index (χ3n) is 2.09. The summed E-state index contributed by atoms with van der Waals surface area (Å²) in [6, 6.07) is 6.76. The summed E-state index contributed by atoms with van der Waals surface area (Å²) in [7, 11) is 1.59. The standard InChI is InChI=1S/C11H13NO3S/c1-15-10-4-2-8(3-5-10)6-9(7-13)12-11(14)16/h2-5,7,9H,6H2,1H3,(H2,12,14,16). The Balaban J connectivity index is 2.63. The number of carbonyl (C=O) groups excluding carboxylic acids is 2. The smallest absolute Gasteiger partial charge is 0.276 e. The van der Waals surface area contributed by atoms with E-state index in [0.29, 0.717) is 12.7 Å². The fourth-order valence-electron chi connectivity index (χ4n) is 1.31. The Morgan fingerprint density at radius 3 is 2.56 bits per heavy atom. The van der Waals surface area contributed by atoms with Gasteiger partial charge in [-0.25, -0.2) is 0 Å². The number of aldehydes is 1. The molecule has 4 nitrogen and oxygen atoms in total. The number of benzene rings is 1. The molecule has 0 fully saturated rings. The van der Waals surface area contributed by atoms with Crippen molar-refractivity contribution in [1.29, 1.82) is 0 Å². The first kappa shape index (κ1) is 12.6. The van der Waals surface area contributed by atoms with E-state index in [2.05, 4.69) is 17.9 Å². The molecule has 0 spiro atoms. The maximum absolute atomic E-state index is 10.7. The summed E-state index contributed by atoms with van der Waals surface area (Å²) in [6.45, 7) is 0. The quantitative estimate of drug-likeness (QED) is 0.604. The van der Waals surface area contributed by atoms with Crippen LogP contribution in [0.5, 0.6) is 5.75 Å². The van der Waals surface area contributed by atoms with Crippen LogP contribution in [0.4, 0.5) is 4.79 Å². The predicted octanol–water partition coefficient (Wildman–Crippen LogP) is 1.44. The predicted molar refractivity (Wildman–Crippen MR) is 64.1 cm³/mol. The molecule has 1 N–H and O–H groups in total. The average molecular weight is 239 g/mol. The molecule has 1 aromatic carbocycles. The van der Waals surface area contributed by atoms with Gasteiger partial charge in [0, 0.05) is 0 Å². The van der Waals surface area contributed by atoms with Crippen LogP contribution in [-0.4, -0.2) is 24.7 Å². The summed E-state index contributed by atoms with van der Waals surface area (Å²) in [5.74, 6) is 0.754. The van der Waals surface area contributed by atoms with Gasteiger partial charge in [0.05, 0.1) is 13.2 Å². The number of carbonyl (C=O) groups is 2. The first-order valence-corrected chi connectivity index (χ1v) is 5.18. The largest absolute Gasteiger partial charge is 0.497 e. The summed E-state index contributed by atoms with van der Waals surface area (Å²) in [5, 5.41) is 1.92. The van der Waals surface area contributed by atoms with E-state index in [1.807, 2.05) is 12.1 Å². The minimum atomic E-state index is -0.543. The molecule has 0 aliphatic carbocycles. The fraction of sp³-hybridized carbons (Fsp3) is 0.273.